The van der Waals surface area contributed by atoms with E-state index in [0.717, 1.165) is 5.56 Å². The van der Waals surface area contributed by atoms with Gasteiger partial charge in [0.25, 0.3) is 0 Å². The highest BCUT2D eigenvalue weighted by atomic mass is 16.7. The predicted molar refractivity (Wildman–Crippen MR) is 84.5 cm³/mol. The van der Waals surface area contributed by atoms with Crippen molar-refractivity contribution in [3.63, 3.8) is 0 Å². The van der Waals surface area contributed by atoms with Crippen LogP contribution in [0, 0.1) is 0 Å². The molecule has 1 aliphatic heterocycles. The lowest BCUT2D eigenvalue weighted by molar-refractivity contribution is -0.180. The lowest BCUT2D eigenvalue weighted by atomic mass is 10.1. The maximum absolute atomic E-state index is 12.2. The van der Waals surface area contributed by atoms with Crippen LogP contribution in [0.25, 0.3) is 0 Å². The zero-order chi connectivity index (χ0) is 17.3. The summed E-state index contributed by atoms with van der Waals surface area (Å²) >= 11 is 0. The number of rotatable bonds is 3. The summed E-state index contributed by atoms with van der Waals surface area (Å²) in [7, 11) is 0. The molecule has 1 amide bonds. The Labute approximate surface area is 136 Å². The predicted octanol–water partition coefficient (Wildman–Crippen LogP) is 3.04. The van der Waals surface area contributed by atoms with Gasteiger partial charge in [-0.15, -0.1) is 0 Å². The number of hydrogen-bond donors (Lipinski definition) is 1. The standard InChI is InChI=1S/C17H23NO5/c1-16(2,3)23-15(20)18-9-13(19)11-6-7-14-12(8-11)10-21-17(4,5)22-14/h6-8H,9-10H2,1-5H3,(H,18,20). The fraction of sp³-hybridized carbons (Fsp3) is 0.529. The van der Waals surface area contributed by atoms with Gasteiger partial charge in [-0.2, -0.15) is 0 Å². The van der Waals surface area contributed by atoms with Gasteiger partial charge in [0, 0.05) is 25.0 Å². The summed E-state index contributed by atoms with van der Waals surface area (Å²) < 4.78 is 16.3. The first kappa shape index (κ1) is 17.3. The minimum absolute atomic E-state index is 0.124. The van der Waals surface area contributed by atoms with Gasteiger partial charge in [0.2, 0.25) is 5.79 Å². The number of alkyl carbamates (subject to hydrolysis) is 1. The Kier molecular flexibility index (Phi) is 4.66. The molecule has 0 aromatic heterocycles. The van der Waals surface area contributed by atoms with E-state index in [1.165, 1.54) is 0 Å². The van der Waals surface area contributed by atoms with Crippen molar-refractivity contribution in [2.45, 2.75) is 52.6 Å². The van der Waals surface area contributed by atoms with E-state index >= 15 is 0 Å². The number of fused-ring (bicyclic) bond motifs is 1. The molecule has 1 heterocycles. The van der Waals surface area contributed by atoms with E-state index in [0.29, 0.717) is 17.9 Å². The van der Waals surface area contributed by atoms with Crippen LogP contribution in [0.15, 0.2) is 18.2 Å². The molecule has 0 fully saturated rings. The average molecular weight is 321 g/mol. The van der Waals surface area contributed by atoms with Crippen LogP contribution in [0.2, 0.25) is 0 Å². The van der Waals surface area contributed by atoms with Crippen LogP contribution in [0.1, 0.15) is 50.5 Å². The van der Waals surface area contributed by atoms with Gasteiger partial charge in [-0.25, -0.2) is 4.79 Å². The van der Waals surface area contributed by atoms with E-state index in [4.69, 9.17) is 14.2 Å². The Morgan fingerprint density at radius 2 is 2.00 bits per heavy atom. The van der Waals surface area contributed by atoms with Crippen LogP contribution in [0.5, 0.6) is 5.75 Å². The van der Waals surface area contributed by atoms with Gasteiger partial charge in [0.1, 0.15) is 11.4 Å². The molecule has 1 aromatic rings. The first-order chi connectivity index (χ1) is 10.6. The third-order valence-electron chi connectivity index (χ3n) is 3.11. The molecular weight excluding hydrogens is 298 g/mol. The number of amides is 1. The smallest absolute Gasteiger partial charge is 0.408 e. The molecule has 0 spiro atoms. The molecular formula is C17H23NO5. The molecule has 0 unspecified atom stereocenters. The fourth-order valence-corrected chi connectivity index (χ4v) is 2.08. The summed E-state index contributed by atoms with van der Waals surface area (Å²) in [4.78, 5) is 23.7. The normalized spacial score (nSPS) is 16.0. The zero-order valence-electron chi connectivity index (χ0n) is 14.2. The van der Waals surface area contributed by atoms with E-state index in [1.807, 2.05) is 13.8 Å². The lowest BCUT2D eigenvalue weighted by Gasteiger charge is -2.32. The number of hydrogen-bond acceptors (Lipinski definition) is 5. The summed E-state index contributed by atoms with van der Waals surface area (Å²) in [5.41, 5.74) is 0.708. The van der Waals surface area contributed by atoms with Crippen LogP contribution < -0.4 is 10.1 Å². The van der Waals surface area contributed by atoms with Crippen LogP contribution in [-0.2, 0) is 16.1 Å². The van der Waals surface area contributed by atoms with Crippen LogP contribution in [0.4, 0.5) is 4.79 Å². The maximum atomic E-state index is 12.2. The number of benzene rings is 1. The van der Waals surface area contributed by atoms with Crippen LogP contribution in [0.3, 0.4) is 0 Å². The van der Waals surface area contributed by atoms with Crippen molar-refractivity contribution < 1.29 is 23.8 Å². The minimum atomic E-state index is -0.670. The highest BCUT2D eigenvalue weighted by Gasteiger charge is 2.27. The summed E-state index contributed by atoms with van der Waals surface area (Å²) in [5.74, 6) is -0.169. The molecule has 6 nitrogen and oxygen atoms in total. The Hall–Kier alpha value is -2.08. The minimum Gasteiger partial charge on any atom is -0.463 e. The fourth-order valence-electron chi connectivity index (χ4n) is 2.08. The highest BCUT2D eigenvalue weighted by Crippen LogP contribution is 2.31. The molecule has 0 radical (unpaired) electrons. The molecule has 6 heteroatoms. The molecule has 0 bridgehead atoms. The first-order valence-electron chi connectivity index (χ1n) is 7.52. The Morgan fingerprint density at radius 3 is 2.65 bits per heavy atom. The topological polar surface area (TPSA) is 73.9 Å². The van der Waals surface area contributed by atoms with Gasteiger partial charge in [-0.3, -0.25) is 4.79 Å². The number of ether oxygens (including phenoxy) is 3. The van der Waals surface area contributed by atoms with Crippen molar-refractivity contribution in [1.82, 2.24) is 5.32 Å². The quantitative estimate of drug-likeness (QED) is 0.866. The third kappa shape index (κ3) is 4.96. The number of carbonyl (C=O) groups is 2. The summed E-state index contributed by atoms with van der Waals surface area (Å²) in [6.45, 7) is 9.21. The van der Waals surface area contributed by atoms with Crippen LogP contribution >= 0.6 is 0 Å². The van der Waals surface area contributed by atoms with Gasteiger partial charge >= 0.3 is 6.09 Å². The Balaban J connectivity index is 1.97. The van der Waals surface area contributed by atoms with Gasteiger partial charge in [0.15, 0.2) is 5.78 Å². The molecule has 1 aliphatic rings. The first-order valence-corrected chi connectivity index (χ1v) is 7.52. The number of ketones is 1. The van der Waals surface area contributed by atoms with E-state index in [2.05, 4.69) is 5.32 Å². The van der Waals surface area contributed by atoms with Gasteiger partial charge in [-0.1, -0.05) is 0 Å². The lowest BCUT2D eigenvalue weighted by Crippen LogP contribution is -2.36. The molecule has 1 N–H and O–H groups in total. The van der Waals surface area contributed by atoms with Crippen molar-refractivity contribution in [2.24, 2.45) is 0 Å². The molecule has 0 saturated carbocycles. The summed E-state index contributed by atoms with van der Waals surface area (Å²) in [6.07, 6.45) is -0.614. The second kappa shape index (κ2) is 6.20. The van der Waals surface area contributed by atoms with E-state index in [9.17, 15) is 9.59 Å². The van der Waals surface area contributed by atoms with Crippen molar-refractivity contribution in [1.29, 1.82) is 0 Å². The molecule has 1 aromatic carbocycles. The van der Waals surface area contributed by atoms with Crippen molar-refractivity contribution >= 4 is 11.9 Å². The van der Waals surface area contributed by atoms with Crippen molar-refractivity contribution in [2.75, 3.05) is 6.54 Å². The second-order valence-electron chi connectivity index (χ2n) is 6.89. The van der Waals surface area contributed by atoms with Gasteiger partial charge in [-0.05, 0) is 39.0 Å². The third-order valence-corrected chi connectivity index (χ3v) is 3.11. The SMILES string of the molecule is CC(C)(C)OC(=O)NCC(=O)c1ccc2c(c1)COC(C)(C)O2. The Bertz CT molecular complexity index is 616. The van der Waals surface area contributed by atoms with Crippen molar-refractivity contribution in [3.8, 4) is 5.75 Å². The molecule has 126 valence electrons. The van der Waals surface area contributed by atoms with E-state index in [1.54, 1.807) is 39.0 Å². The van der Waals surface area contributed by atoms with Gasteiger partial charge < -0.3 is 19.5 Å². The summed E-state index contributed by atoms with van der Waals surface area (Å²) in [6, 6.07) is 5.16. The Morgan fingerprint density at radius 1 is 1.30 bits per heavy atom. The molecule has 0 aliphatic carbocycles. The monoisotopic (exact) mass is 321 g/mol. The highest BCUT2D eigenvalue weighted by molar-refractivity contribution is 5.99. The summed E-state index contributed by atoms with van der Waals surface area (Å²) in [5, 5.41) is 2.46. The second-order valence-corrected chi connectivity index (χ2v) is 6.89. The average Bonchev–Trinajstić information content (AvgIpc) is 2.41. The van der Waals surface area contributed by atoms with Crippen LogP contribution in [-0.4, -0.2) is 29.8 Å². The molecule has 0 saturated heterocycles. The van der Waals surface area contributed by atoms with E-state index < -0.39 is 17.5 Å². The largest absolute Gasteiger partial charge is 0.463 e. The maximum Gasteiger partial charge on any atom is 0.408 e. The zero-order valence-corrected chi connectivity index (χ0v) is 14.2. The number of Topliss-reactive ketones (excluding diaryl/α,β-unsaturated/α-hetero) is 1. The molecule has 0 atom stereocenters. The van der Waals surface area contributed by atoms with Gasteiger partial charge in [0.05, 0.1) is 13.2 Å². The number of nitrogens with one attached hydrogen (secondary N) is 1. The molecule has 23 heavy (non-hydrogen) atoms. The van der Waals surface area contributed by atoms with Crippen molar-refractivity contribution in [3.05, 3.63) is 29.3 Å². The van der Waals surface area contributed by atoms with E-state index in [-0.39, 0.29) is 12.3 Å². The number of carbonyl (C=O) groups excluding carboxylic acids is 2. The molecule has 2 rings (SSSR count).